The van der Waals surface area contributed by atoms with Crippen LogP contribution >= 0.6 is 0 Å². The Morgan fingerprint density at radius 1 is 0.840 bits per heavy atom. The molecule has 5 aromatic rings. The molecule has 0 bridgehead atoms. The van der Waals surface area contributed by atoms with Crippen LogP contribution in [0.2, 0.25) is 0 Å². The fourth-order valence-corrected chi connectivity index (χ4v) is 6.08. The Bertz CT molecular complexity index is 2200. The lowest BCUT2D eigenvalue weighted by Gasteiger charge is -2.23. The van der Waals surface area contributed by atoms with Crippen molar-refractivity contribution < 1.29 is 32.2 Å². The van der Waals surface area contributed by atoms with Crippen molar-refractivity contribution in [3.05, 3.63) is 107 Å². The van der Waals surface area contributed by atoms with Crippen molar-refractivity contribution in [1.29, 1.82) is 0 Å². The largest absolute Gasteiger partial charge is 0.497 e. The number of carbonyl (C=O) groups is 2. The summed E-state index contributed by atoms with van der Waals surface area (Å²) in [6, 6.07) is 22.2. The van der Waals surface area contributed by atoms with E-state index in [1.807, 2.05) is 57.2 Å². The minimum absolute atomic E-state index is 0.0466. The minimum Gasteiger partial charge on any atom is -0.497 e. The lowest BCUT2D eigenvalue weighted by molar-refractivity contribution is -0.117. The first-order valence-corrected chi connectivity index (χ1v) is 17.1. The number of sulfonamides is 1. The highest BCUT2D eigenvalue weighted by Crippen LogP contribution is 2.37. The van der Waals surface area contributed by atoms with Gasteiger partial charge in [0, 0.05) is 46.8 Å². The molecule has 6 N–H and O–H groups in total. The average Bonchev–Trinajstić information content (AvgIpc) is 3.04. The van der Waals surface area contributed by atoms with Gasteiger partial charge >= 0.3 is 6.03 Å². The van der Waals surface area contributed by atoms with Gasteiger partial charge in [-0.1, -0.05) is 51.1 Å². The van der Waals surface area contributed by atoms with Crippen molar-refractivity contribution in [2.24, 2.45) is 10.9 Å². The zero-order valence-corrected chi connectivity index (χ0v) is 29.2. The van der Waals surface area contributed by atoms with Crippen LogP contribution in [-0.2, 0) is 33.1 Å². The monoisotopic (exact) mass is 697 g/mol. The summed E-state index contributed by atoms with van der Waals surface area (Å²) in [4.78, 5) is 29.6. The Hall–Kier alpha value is -5.66. The summed E-state index contributed by atoms with van der Waals surface area (Å²) >= 11 is 0. The van der Waals surface area contributed by atoms with E-state index in [0.29, 0.717) is 57.6 Å². The molecule has 13 heteroatoms. The molecule has 0 aliphatic rings. The van der Waals surface area contributed by atoms with Gasteiger partial charge in [0.2, 0.25) is 15.9 Å². The van der Waals surface area contributed by atoms with Crippen molar-refractivity contribution >= 4 is 44.1 Å². The summed E-state index contributed by atoms with van der Waals surface area (Å²) in [6.07, 6.45) is 1.85. The molecule has 260 valence electrons. The number of pyridine rings is 1. The Labute approximate surface area is 290 Å². The van der Waals surface area contributed by atoms with E-state index >= 15 is 0 Å². The van der Waals surface area contributed by atoms with Crippen LogP contribution in [0.15, 0.2) is 90.0 Å². The highest BCUT2D eigenvalue weighted by atomic mass is 32.2. The fourth-order valence-electron chi connectivity index (χ4n) is 5.49. The number of urea groups is 1. The van der Waals surface area contributed by atoms with Gasteiger partial charge in [0.1, 0.15) is 23.0 Å². The predicted octanol–water partition coefficient (Wildman–Crippen LogP) is 6.25. The maximum atomic E-state index is 13.4. The van der Waals surface area contributed by atoms with Gasteiger partial charge in [-0.25, -0.2) is 18.4 Å². The van der Waals surface area contributed by atoms with E-state index in [1.54, 1.807) is 36.5 Å². The molecule has 3 amide bonds. The molecule has 0 atom stereocenters. The van der Waals surface area contributed by atoms with E-state index < -0.39 is 22.0 Å². The maximum Gasteiger partial charge on any atom is 0.323 e. The van der Waals surface area contributed by atoms with Crippen LogP contribution in [0.5, 0.6) is 23.0 Å². The molecule has 0 radical (unpaired) electrons. The molecule has 0 spiro atoms. The van der Waals surface area contributed by atoms with Crippen LogP contribution in [0.25, 0.3) is 10.8 Å². The number of methoxy groups -OCH3 is 2. The van der Waals surface area contributed by atoms with E-state index in [0.717, 1.165) is 16.3 Å². The molecule has 0 fully saturated rings. The molecule has 1 aromatic heterocycles. The summed E-state index contributed by atoms with van der Waals surface area (Å²) in [5, 5.41) is 12.6. The number of carbonyl (C=O) groups excluding carboxylic acids is 2. The number of nitrogens with zero attached hydrogens (tertiary/aromatic N) is 1. The fraction of sp³-hybridized carbons (Fsp3) is 0.216. The molecule has 0 aliphatic carbocycles. The number of ether oxygens (including phenoxy) is 3. The van der Waals surface area contributed by atoms with E-state index in [4.69, 9.17) is 25.1 Å². The van der Waals surface area contributed by atoms with Crippen LogP contribution in [0.3, 0.4) is 0 Å². The SMILES string of the molecule is COc1cc(Cc2cc(Oc3ccc(NC(=O)Nc4cc(C(C)(C)C)cc(CC(N)=O)c4OC)c4ccccc34)ccn2)cc(S(N)(=O)=O)c1. The van der Waals surface area contributed by atoms with Crippen LogP contribution in [0.4, 0.5) is 16.2 Å². The summed E-state index contributed by atoms with van der Waals surface area (Å²) < 4.78 is 41.2. The standard InChI is InChI=1S/C37H39N5O7S/c1-37(2,3)24-17-23(18-34(38)43)35(48-5)32(19-24)42-36(44)41-31-10-11-33(30-9-7-6-8-29(30)31)49-26-12-13-40-25(20-26)14-22-15-27(47-4)21-28(16-22)50(39,45)46/h6-13,15-17,19-21H,14,18H2,1-5H3,(H2,38,43)(H2,39,45,46)(H2,41,42,44). The van der Waals surface area contributed by atoms with Gasteiger partial charge in [-0.15, -0.1) is 0 Å². The lowest BCUT2D eigenvalue weighted by atomic mass is 9.85. The van der Waals surface area contributed by atoms with Crippen LogP contribution in [0, 0.1) is 0 Å². The molecule has 0 saturated heterocycles. The topological polar surface area (TPSA) is 185 Å². The smallest absolute Gasteiger partial charge is 0.323 e. The van der Waals surface area contributed by atoms with Crippen LogP contribution in [-0.4, -0.2) is 39.6 Å². The Morgan fingerprint density at radius 2 is 1.56 bits per heavy atom. The first-order chi connectivity index (χ1) is 23.6. The molecular weight excluding hydrogens is 659 g/mol. The quantitative estimate of drug-likeness (QED) is 0.125. The summed E-state index contributed by atoms with van der Waals surface area (Å²) in [7, 11) is -1.02. The summed E-state index contributed by atoms with van der Waals surface area (Å²) in [6.45, 7) is 6.09. The van der Waals surface area contributed by atoms with Gasteiger partial charge < -0.3 is 30.6 Å². The molecule has 0 saturated carbocycles. The molecular formula is C37H39N5O7S. The summed E-state index contributed by atoms with van der Waals surface area (Å²) in [5.74, 6) is 1.24. The molecule has 5 rings (SSSR count). The molecule has 12 nitrogen and oxygen atoms in total. The van der Waals surface area contributed by atoms with Crippen molar-refractivity contribution in [3.63, 3.8) is 0 Å². The number of amides is 3. The Kier molecular flexibility index (Phi) is 10.3. The van der Waals surface area contributed by atoms with E-state index in [1.165, 1.54) is 26.4 Å². The van der Waals surface area contributed by atoms with Gasteiger partial charge in [0.05, 0.1) is 36.9 Å². The van der Waals surface area contributed by atoms with E-state index in [9.17, 15) is 18.0 Å². The van der Waals surface area contributed by atoms with Gasteiger partial charge in [-0.05, 0) is 52.9 Å². The first kappa shape index (κ1) is 35.6. The number of nitrogens with two attached hydrogens (primary N) is 2. The molecule has 0 aliphatic heterocycles. The Morgan fingerprint density at radius 3 is 2.22 bits per heavy atom. The normalized spacial score (nSPS) is 11.6. The van der Waals surface area contributed by atoms with Crippen molar-refractivity contribution in [2.45, 2.75) is 43.9 Å². The number of nitrogens with one attached hydrogen (secondary N) is 2. The van der Waals surface area contributed by atoms with Crippen molar-refractivity contribution in [1.82, 2.24) is 4.98 Å². The van der Waals surface area contributed by atoms with Crippen molar-refractivity contribution in [2.75, 3.05) is 24.9 Å². The van der Waals surface area contributed by atoms with Crippen LogP contribution < -0.4 is 35.7 Å². The zero-order valence-electron chi connectivity index (χ0n) is 28.4. The van der Waals surface area contributed by atoms with Gasteiger partial charge in [-0.3, -0.25) is 9.78 Å². The number of fused-ring (bicyclic) bond motifs is 1. The number of rotatable bonds is 11. The minimum atomic E-state index is -3.94. The third-order valence-electron chi connectivity index (χ3n) is 7.89. The number of hydrogen-bond donors (Lipinski definition) is 4. The molecule has 0 unspecified atom stereocenters. The van der Waals surface area contributed by atoms with E-state index in [-0.39, 0.29) is 16.7 Å². The lowest BCUT2D eigenvalue weighted by Crippen LogP contribution is -2.22. The second kappa shape index (κ2) is 14.4. The molecule has 50 heavy (non-hydrogen) atoms. The van der Waals surface area contributed by atoms with Gasteiger partial charge in [-0.2, -0.15) is 0 Å². The second-order valence-corrected chi connectivity index (χ2v) is 14.2. The van der Waals surface area contributed by atoms with Gasteiger partial charge in [0.15, 0.2) is 0 Å². The summed E-state index contributed by atoms with van der Waals surface area (Å²) in [5.41, 5.74) is 8.91. The van der Waals surface area contributed by atoms with Gasteiger partial charge in [0.25, 0.3) is 0 Å². The first-order valence-electron chi connectivity index (χ1n) is 15.6. The predicted molar refractivity (Wildman–Crippen MR) is 193 cm³/mol. The Balaban J connectivity index is 1.39. The maximum absolute atomic E-state index is 13.4. The van der Waals surface area contributed by atoms with Crippen LogP contribution in [0.1, 0.15) is 43.2 Å². The number of aromatic nitrogens is 1. The highest BCUT2D eigenvalue weighted by molar-refractivity contribution is 7.89. The third-order valence-corrected chi connectivity index (χ3v) is 8.78. The third kappa shape index (κ3) is 8.49. The number of primary amides is 1. The zero-order chi connectivity index (χ0) is 36.2. The number of benzene rings is 4. The molecule has 4 aromatic carbocycles. The number of hydrogen-bond acceptors (Lipinski definition) is 8. The average molecular weight is 698 g/mol. The van der Waals surface area contributed by atoms with E-state index in [2.05, 4.69) is 15.6 Å². The second-order valence-electron chi connectivity index (χ2n) is 12.7. The molecule has 1 heterocycles. The van der Waals surface area contributed by atoms with Crippen molar-refractivity contribution in [3.8, 4) is 23.0 Å². The number of primary sulfonamides is 1. The highest BCUT2D eigenvalue weighted by Gasteiger charge is 2.22. The number of anilines is 2.